The Labute approximate surface area is 121 Å². The maximum absolute atomic E-state index is 12.5. The summed E-state index contributed by atoms with van der Waals surface area (Å²) in [5.41, 5.74) is -0.193. The quantitative estimate of drug-likeness (QED) is 0.678. The summed E-state index contributed by atoms with van der Waals surface area (Å²) in [6.07, 6.45) is 1.65. The standard InChI is InChI=1S/C11H17N3O4S2/c1-8-3-5-13(6-4-8)20(17,18)10-7-9(14(15)16)11(12-2)19-10/h7-8,12H,3-6H2,1-2H3. The number of nitrogens with one attached hydrogen (secondary N) is 1. The number of piperidine rings is 1. The molecular formula is C11H17N3O4S2. The molecule has 0 aromatic carbocycles. The van der Waals surface area contributed by atoms with Crippen LogP contribution < -0.4 is 5.32 Å². The third-order valence-electron chi connectivity index (χ3n) is 3.45. The van der Waals surface area contributed by atoms with Crippen LogP contribution in [0, 0.1) is 16.0 Å². The molecule has 0 saturated carbocycles. The van der Waals surface area contributed by atoms with Crippen molar-refractivity contribution in [2.24, 2.45) is 5.92 Å². The third kappa shape index (κ3) is 2.79. The lowest BCUT2D eigenvalue weighted by Crippen LogP contribution is -2.37. The van der Waals surface area contributed by atoms with Gasteiger partial charge in [-0.1, -0.05) is 18.3 Å². The van der Waals surface area contributed by atoms with Crippen LogP contribution in [-0.4, -0.2) is 37.8 Å². The van der Waals surface area contributed by atoms with Gasteiger partial charge >= 0.3 is 5.69 Å². The minimum Gasteiger partial charge on any atom is -0.374 e. The van der Waals surface area contributed by atoms with Crippen LogP contribution in [0.1, 0.15) is 19.8 Å². The highest BCUT2D eigenvalue weighted by Gasteiger charge is 2.32. The van der Waals surface area contributed by atoms with Crippen molar-refractivity contribution in [3.63, 3.8) is 0 Å². The Bertz CT molecular complexity index is 603. The zero-order valence-electron chi connectivity index (χ0n) is 11.3. The van der Waals surface area contributed by atoms with Gasteiger partial charge in [-0.3, -0.25) is 10.1 Å². The number of thiophene rings is 1. The third-order valence-corrected chi connectivity index (χ3v) is 6.94. The molecule has 2 rings (SSSR count). The second kappa shape index (κ2) is 5.66. The van der Waals surface area contributed by atoms with Crippen LogP contribution in [-0.2, 0) is 10.0 Å². The van der Waals surface area contributed by atoms with Crippen molar-refractivity contribution in [1.82, 2.24) is 4.31 Å². The first kappa shape index (κ1) is 15.2. The molecule has 0 unspecified atom stereocenters. The highest BCUT2D eigenvalue weighted by molar-refractivity contribution is 7.91. The largest absolute Gasteiger partial charge is 0.374 e. The maximum Gasteiger partial charge on any atom is 0.304 e. The second-order valence-electron chi connectivity index (χ2n) is 4.87. The summed E-state index contributed by atoms with van der Waals surface area (Å²) in [6.45, 7) is 3.05. The summed E-state index contributed by atoms with van der Waals surface area (Å²) < 4.78 is 26.4. The molecule has 1 saturated heterocycles. The molecule has 9 heteroatoms. The van der Waals surface area contributed by atoms with E-state index in [0.717, 1.165) is 30.2 Å². The van der Waals surface area contributed by atoms with Crippen molar-refractivity contribution in [3.8, 4) is 0 Å². The minimum atomic E-state index is -3.62. The van der Waals surface area contributed by atoms with Crippen LogP contribution >= 0.6 is 11.3 Å². The van der Waals surface area contributed by atoms with Crippen LogP contribution in [0.2, 0.25) is 0 Å². The van der Waals surface area contributed by atoms with Crippen molar-refractivity contribution in [2.45, 2.75) is 24.0 Å². The molecule has 0 aliphatic carbocycles. The molecule has 20 heavy (non-hydrogen) atoms. The number of hydrogen-bond acceptors (Lipinski definition) is 6. The number of rotatable bonds is 4. The smallest absolute Gasteiger partial charge is 0.304 e. The molecule has 0 atom stereocenters. The predicted molar refractivity (Wildman–Crippen MR) is 77.7 cm³/mol. The van der Waals surface area contributed by atoms with Crippen LogP contribution in [0.25, 0.3) is 0 Å². The highest BCUT2D eigenvalue weighted by atomic mass is 32.2. The topological polar surface area (TPSA) is 92.6 Å². The lowest BCUT2D eigenvalue weighted by atomic mass is 10.0. The molecule has 1 aliphatic rings. The van der Waals surface area contributed by atoms with Crippen LogP contribution in [0.15, 0.2) is 10.3 Å². The molecule has 0 bridgehead atoms. The van der Waals surface area contributed by atoms with Crippen molar-refractivity contribution < 1.29 is 13.3 Å². The van der Waals surface area contributed by atoms with Crippen molar-refractivity contribution >= 4 is 32.0 Å². The van der Waals surface area contributed by atoms with Gasteiger partial charge in [-0.05, 0) is 18.8 Å². The van der Waals surface area contributed by atoms with E-state index in [1.807, 2.05) is 0 Å². The zero-order chi connectivity index (χ0) is 14.9. The average molecular weight is 319 g/mol. The molecule has 112 valence electrons. The molecule has 0 radical (unpaired) electrons. The molecule has 1 aliphatic heterocycles. The van der Waals surface area contributed by atoms with Crippen LogP contribution in [0.5, 0.6) is 0 Å². The molecule has 1 aromatic rings. The Hall–Kier alpha value is -1.19. The van der Waals surface area contributed by atoms with Crippen LogP contribution in [0.3, 0.4) is 0 Å². The van der Waals surface area contributed by atoms with E-state index >= 15 is 0 Å². The molecule has 7 nitrogen and oxygen atoms in total. The fourth-order valence-electron chi connectivity index (χ4n) is 2.15. The van der Waals surface area contributed by atoms with Crippen molar-refractivity contribution in [2.75, 3.05) is 25.5 Å². The van der Waals surface area contributed by atoms with E-state index in [1.54, 1.807) is 0 Å². The van der Waals surface area contributed by atoms with Gasteiger partial charge in [0.15, 0.2) is 5.00 Å². The lowest BCUT2D eigenvalue weighted by Gasteiger charge is -2.28. The molecule has 2 heterocycles. The monoisotopic (exact) mass is 319 g/mol. The van der Waals surface area contributed by atoms with E-state index in [1.165, 1.54) is 11.4 Å². The van der Waals surface area contributed by atoms with Gasteiger partial charge in [0, 0.05) is 26.2 Å². The Morgan fingerprint density at radius 3 is 2.50 bits per heavy atom. The summed E-state index contributed by atoms with van der Waals surface area (Å²) in [7, 11) is -2.08. The van der Waals surface area contributed by atoms with E-state index in [0.29, 0.717) is 19.0 Å². The Kier molecular flexibility index (Phi) is 4.31. The Morgan fingerprint density at radius 2 is 2.05 bits per heavy atom. The van der Waals surface area contributed by atoms with E-state index in [2.05, 4.69) is 12.2 Å². The van der Waals surface area contributed by atoms with E-state index < -0.39 is 14.9 Å². The second-order valence-corrected chi connectivity index (χ2v) is 8.09. The highest BCUT2D eigenvalue weighted by Crippen LogP contribution is 2.38. The summed E-state index contributed by atoms with van der Waals surface area (Å²) in [5, 5.41) is 13.8. The molecule has 1 fully saturated rings. The summed E-state index contributed by atoms with van der Waals surface area (Å²) in [4.78, 5) is 10.3. The van der Waals surface area contributed by atoms with Gasteiger partial charge in [0.1, 0.15) is 4.21 Å². The number of nitro groups is 1. The van der Waals surface area contributed by atoms with Gasteiger partial charge in [0.05, 0.1) is 4.92 Å². The predicted octanol–water partition coefficient (Wildman–Crippen LogP) is 2.12. The number of hydrogen-bond donors (Lipinski definition) is 1. The summed E-state index contributed by atoms with van der Waals surface area (Å²) >= 11 is 0.907. The van der Waals surface area contributed by atoms with E-state index in [-0.39, 0.29) is 14.9 Å². The molecular weight excluding hydrogens is 302 g/mol. The fourth-order valence-corrected chi connectivity index (χ4v) is 5.06. The van der Waals surface area contributed by atoms with Gasteiger partial charge in [-0.15, -0.1) is 0 Å². The number of nitrogens with zero attached hydrogens (tertiary/aromatic N) is 2. The van der Waals surface area contributed by atoms with Crippen molar-refractivity contribution in [1.29, 1.82) is 0 Å². The summed E-state index contributed by atoms with van der Waals surface area (Å²) in [6, 6.07) is 1.14. The van der Waals surface area contributed by atoms with E-state index in [9.17, 15) is 18.5 Å². The first-order chi connectivity index (χ1) is 9.36. The number of anilines is 1. The van der Waals surface area contributed by atoms with Gasteiger partial charge in [-0.25, -0.2) is 8.42 Å². The first-order valence-corrected chi connectivity index (χ1v) is 8.58. The van der Waals surface area contributed by atoms with Gasteiger partial charge in [0.25, 0.3) is 10.0 Å². The Balaban J connectivity index is 2.32. The number of sulfonamides is 1. The van der Waals surface area contributed by atoms with E-state index in [4.69, 9.17) is 0 Å². The maximum atomic E-state index is 12.5. The average Bonchev–Trinajstić information content (AvgIpc) is 2.84. The molecule has 1 aromatic heterocycles. The fraction of sp³-hybridized carbons (Fsp3) is 0.636. The lowest BCUT2D eigenvalue weighted by molar-refractivity contribution is -0.383. The van der Waals surface area contributed by atoms with Gasteiger partial charge in [-0.2, -0.15) is 4.31 Å². The van der Waals surface area contributed by atoms with Gasteiger partial charge < -0.3 is 5.32 Å². The minimum absolute atomic E-state index is 0.0307. The first-order valence-electron chi connectivity index (χ1n) is 6.32. The summed E-state index contributed by atoms with van der Waals surface area (Å²) in [5.74, 6) is 0.520. The van der Waals surface area contributed by atoms with Crippen molar-refractivity contribution in [3.05, 3.63) is 16.2 Å². The molecule has 0 amide bonds. The SMILES string of the molecule is CNc1sc(S(=O)(=O)N2CCC(C)CC2)cc1[N+](=O)[O-]. The van der Waals surface area contributed by atoms with Gasteiger partial charge in [0.2, 0.25) is 0 Å². The molecule has 0 spiro atoms. The van der Waals surface area contributed by atoms with Crippen LogP contribution in [0.4, 0.5) is 10.7 Å². The Morgan fingerprint density at radius 1 is 1.45 bits per heavy atom. The normalized spacial score (nSPS) is 18.1. The zero-order valence-corrected chi connectivity index (χ0v) is 13.0. The molecule has 1 N–H and O–H groups in total.